The molecule has 0 saturated carbocycles. The van der Waals surface area contributed by atoms with Crippen LogP contribution in [0.4, 0.5) is 0 Å². The Kier molecular flexibility index (Phi) is 53.7. The van der Waals surface area contributed by atoms with Crippen LogP contribution in [0.3, 0.4) is 0 Å². The Balaban J connectivity index is -0.000000128. The van der Waals surface area contributed by atoms with Crippen LogP contribution in [0.1, 0.15) is 93.9 Å². The van der Waals surface area contributed by atoms with E-state index in [0.717, 1.165) is 38.9 Å². The maximum atomic E-state index is 10.8. The zero-order valence-electron chi connectivity index (χ0n) is 23.7. The third-order valence-corrected chi connectivity index (χ3v) is 3.29. The number of carbonyl (C=O) groups excluding carboxylic acids is 2. The Hall–Kier alpha value is 0.359. The molecule has 0 aliphatic carbocycles. The zero-order valence-corrected chi connectivity index (χ0v) is 28.2. The van der Waals surface area contributed by atoms with Gasteiger partial charge in [-0.2, -0.15) is 11.5 Å². The summed E-state index contributed by atoms with van der Waals surface area (Å²) in [7, 11) is 0. The average Bonchev–Trinajstić information content (AvgIpc) is 2.73. The Morgan fingerprint density at radius 3 is 1.09 bits per heavy atom. The van der Waals surface area contributed by atoms with Gasteiger partial charge < -0.3 is 44.2 Å². The first kappa shape index (κ1) is 45.3. The molecule has 0 amide bonds. The van der Waals surface area contributed by atoms with Gasteiger partial charge in [0.05, 0.1) is 13.2 Å². The van der Waals surface area contributed by atoms with Crippen molar-refractivity contribution in [2.45, 2.75) is 93.9 Å². The van der Waals surface area contributed by atoms with E-state index in [4.69, 9.17) is 18.9 Å². The van der Waals surface area contributed by atoms with Crippen molar-refractivity contribution in [2.75, 3.05) is 51.1 Å². The van der Waals surface area contributed by atoms with Crippen molar-refractivity contribution in [3.05, 3.63) is 11.8 Å². The fraction of sp³-hybridized carbons (Fsp3) is 0.846. The summed E-state index contributed by atoms with van der Waals surface area (Å²) in [5.74, 6) is 3.23. The summed E-state index contributed by atoms with van der Waals surface area (Å²) in [6.45, 7) is 19.9. The van der Waals surface area contributed by atoms with Crippen LogP contribution in [0, 0.1) is 11.8 Å². The molecule has 0 N–H and O–H groups in total. The first-order chi connectivity index (χ1) is 16.1. The summed E-state index contributed by atoms with van der Waals surface area (Å²) in [6, 6.07) is 0. The molecule has 0 atom stereocenters. The minimum Gasteiger partial charge on any atom is -0.792 e. The topological polar surface area (TPSA) is 71.1 Å². The van der Waals surface area contributed by atoms with Gasteiger partial charge in [-0.3, -0.25) is 9.59 Å². The van der Waals surface area contributed by atoms with E-state index in [0.29, 0.717) is 50.8 Å². The van der Waals surface area contributed by atoms with Gasteiger partial charge >= 0.3 is 35.8 Å². The van der Waals surface area contributed by atoms with Crippen LogP contribution in [0.25, 0.3) is 0 Å². The van der Waals surface area contributed by atoms with E-state index in [-0.39, 0.29) is 35.8 Å². The fourth-order valence-electron chi connectivity index (χ4n) is 1.44. The normalized spacial score (nSPS) is 9.49. The maximum absolute atomic E-state index is 10.8. The van der Waals surface area contributed by atoms with E-state index in [1.807, 2.05) is 0 Å². The van der Waals surface area contributed by atoms with Crippen molar-refractivity contribution in [3.63, 3.8) is 0 Å². The van der Waals surface area contributed by atoms with Crippen LogP contribution >= 0.6 is 0 Å². The van der Waals surface area contributed by atoms with Gasteiger partial charge in [0.2, 0.25) is 0 Å². The molecular weight excluding hydrogens is 591 g/mol. The van der Waals surface area contributed by atoms with Gasteiger partial charge in [0, 0.05) is 26.1 Å². The molecule has 0 aliphatic heterocycles. The van der Waals surface area contributed by atoms with Crippen molar-refractivity contribution in [1.29, 1.82) is 0 Å². The zero-order chi connectivity index (χ0) is 27.0. The first-order valence-electron chi connectivity index (χ1n) is 12.2. The van der Waals surface area contributed by atoms with Gasteiger partial charge in [0.15, 0.2) is 0 Å². The molecule has 0 aliphatic rings. The summed E-state index contributed by atoms with van der Waals surface area (Å²) >= 11 is 9.26. The Morgan fingerprint density at radius 2 is 0.857 bits per heavy atom. The molecule has 6 nitrogen and oxygen atoms in total. The predicted molar refractivity (Wildman–Crippen MR) is 153 cm³/mol. The van der Waals surface area contributed by atoms with E-state index in [2.05, 4.69) is 80.6 Å². The van der Waals surface area contributed by atoms with Gasteiger partial charge in [-0.05, 0) is 24.7 Å². The van der Waals surface area contributed by atoms with Crippen molar-refractivity contribution >= 4 is 61.1 Å². The molecule has 4 radical (unpaired) electrons. The molecule has 35 heavy (non-hydrogen) atoms. The van der Waals surface area contributed by atoms with Crippen LogP contribution < -0.4 is 0 Å². The number of rotatable bonds is 16. The van der Waals surface area contributed by atoms with Crippen LogP contribution in [0.5, 0.6) is 0 Å². The molecular formula is C26H52O6S2Sn. The Bertz CT molecular complexity index is 359. The number of esters is 2. The molecule has 0 rings (SSSR count). The van der Waals surface area contributed by atoms with Gasteiger partial charge in [0.1, 0.15) is 13.2 Å². The van der Waals surface area contributed by atoms with Crippen LogP contribution in [-0.2, 0) is 53.8 Å². The van der Waals surface area contributed by atoms with Crippen molar-refractivity contribution < 1.29 is 28.5 Å². The number of ether oxygens (including phenoxy) is 4. The summed E-state index contributed by atoms with van der Waals surface area (Å²) in [5.41, 5.74) is 0. The quantitative estimate of drug-likeness (QED) is 0.0956. The maximum Gasteiger partial charge on any atom is 2.00 e. The number of hydrogen-bond acceptors (Lipinski definition) is 8. The second-order valence-corrected chi connectivity index (χ2v) is 9.10. The summed E-state index contributed by atoms with van der Waals surface area (Å²) < 4.78 is 20.1. The molecule has 0 aromatic rings. The molecule has 0 unspecified atom stereocenters. The van der Waals surface area contributed by atoms with Crippen LogP contribution in [0.15, 0.2) is 0 Å². The van der Waals surface area contributed by atoms with E-state index in [1.165, 1.54) is 11.8 Å². The second-order valence-electron chi connectivity index (χ2n) is 8.28. The molecule has 208 valence electrons. The average molecular weight is 644 g/mol. The van der Waals surface area contributed by atoms with E-state index < -0.39 is 0 Å². The molecule has 0 spiro atoms. The summed E-state index contributed by atoms with van der Waals surface area (Å²) in [6.07, 6.45) is 5.00. The first-order valence-corrected chi connectivity index (χ1v) is 13.4. The third-order valence-electron chi connectivity index (χ3n) is 2.88. The minimum atomic E-state index is -0.228. The Labute approximate surface area is 245 Å². The number of unbranched alkanes of at least 4 members (excludes halogenated alkanes) is 2. The number of hydrogen-bond donors (Lipinski definition) is 0. The molecule has 9 heteroatoms. The molecule has 0 fully saturated rings. The SMILES string of the molecule is CCCCOCCOC(=O)CC[S-].CCCCOCCOC(=O)CC[S-].C[C](C)C.C[C](C)C.[Sn+2]. The monoisotopic (exact) mass is 644 g/mol. The van der Waals surface area contributed by atoms with Gasteiger partial charge in [-0.15, -0.1) is 0 Å². The van der Waals surface area contributed by atoms with Crippen LogP contribution in [0.2, 0.25) is 0 Å². The molecule has 0 heterocycles. The minimum absolute atomic E-state index is 0. The predicted octanol–water partition coefficient (Wildman–Crippen LogP) is 5.43. The van der Waals surface area contributed by atoms with Crippen molar-refractivity contribution in [2.24, 2.45) is 0 Å². The standard InChI is InChI=1S/2C9H18O3S.2C4H9.Sn/c2*1-2-3-5-11-6-7-12-9(10)4-8-13;2*1-4(2)3;/h2*13H,2-8H2,1H3;2*1-3H3;/q;;;;+2/p-2. The number of carbonyl (C=O) groups is 2. The largest absolute Gasteiger partial charge is 2.00 e. The fourth-order valence-corrected chi connectivity index (χ4v) is 1.77. The van der Waals surface area contributed by atoms with Crippen molar-refractivity contribution in [1.82, 2.24) is 0 Å². The third kappa shape index (κ3) is 72.0. The Morgan fingerprint density at radius 1 is 0.571 bits per heavy atom. The second kappa shape index (κ2) is 41.5. The van der Waals surface area contributed by atoms with Crippen molar-refractivity contribution in [3.8, 4) is 0 Å². The van der Waals surface area contributed by atoms with Gasteiger partial charge in [-0.25, -0.2) is 0 Å². The van der Waals surface area contributed by atoms with Gasteiger partial charge in [0.25, 0.3) is 0 Å². The summed E-state index contributed by atoms with van der Waals surface area (Å²) in [4.78, 5) is 21.6. The van der Waals surface area contributed by atoms with E-state index in [9.17, 15) is 9.59 Å². The molecule has 0 saturated heterocycles. The van der Waals surface area contributed by atoms with Crippen LogP contribution in [-0.4, -0.2) is 87.0 Å². The van der Waals surface area contributed by atoms with Gasteiger partial charge in [-0.1, -0.05) is 68.2 Å². The molecule has 0 bridgehead atoms. The molecule has 0 aromatic heterocycles. The van der Waals surface area contributed by atoms with E-state index >= 15 is 0 Å². The molecule has 0 aromatic carbocycles. The smallest absolute Gasteiger partial charge is 0.792 e. The van der Waals surface area contributed by atoms with E-state index in [1.54, 1.807) is 0 Å². The summed E-state index contributed by atoms with van der Waals surface area (Å²) in [5, 5.41) is 0.